The number of hydrogen-bond acceptors (Lipinski definition) is 4. The summed E-state index contributed by atoms with van der Waals surface area (Å²) in [5.41, 5.74) is 1.49. The Labute approximate surface area is 123 Å². The van der Waals surface area contributed by atoms with Gasteiger partial charge >= 0.3 is 0 Å². The molecule has 3 N–H and O–H groups in total. The van der Waals surface area contributed by atoms with E-state index < -0.39 is 0 Å². The first-order valence-electron chi connectivity index (χ1n) is 6.84. The largest absolute Gasteiger partial charge is 0.395 e. The van der Waals surface area contributed by atoms with Crippen LogP contribution in [0, 0.1) is 0 Å². The summed E-state index contributed by atoms with van der Waals surface area (Å²) >= 11 is 0. The molecule has 0 saturated carbocycles. The minimum Gasteiger partial charge on any atom is -0.395 e. The van der Waals surface area contributed by atoms with Crippen molar-refractivity contribution in [2.24, 2.45) is 7.05 Å². The molecular formula is C15H20N4O2. The SMILES string of the molecule is CC(Nc1ccc(C(=O)NCCO)cc1)c1nccn1C. The Morgan fingerprint density at radius 3 is 2.67 bits per heavy atom. The minimum atomic E-state index is -0.187. The van der Waals surface area contributed by atoms with Crippen LogP contribution < -0.4 is 10.6 Å². The van der Waals surface area contributed by atoms with E-state index in [1.807, 2.05) is 36.9 Å². The van der Waals surface area contributed by atoms with Crippen LogP contribution in [0.1, 0.15) is 29.1 Å². The van der Waals surface area contributed by atoms with Crippen molar-refractivity contribution < 1.29 is 9.90 Å². The molecule has 2 aromatic rings. The van der Waals surface area contributed by atoms with E-state index in [1.165, 1.54) is 0 Å². The highest BCUT2D eigenvalue weighted by Gasteiger charge is 2.10. The highest BCUT2D eigenvalue weighted by molar-refractivity contribution is 5.94. The number of hydrogen-bond donors (Lipinski definition) is 3. The molecule has 1 unspecified atom stereocenters. The average molecular weight is 288 g/mol. The van der Waals surface area contributed by atoms with Crippen LogP contribution >= 0.6 is 0 Å². The molecule has 1 aromatic carbocycles. The fourth-order valence-electron chi connectivity index (χ4n) is 2.10. The van der Waals surface area contributed by atoms with Crippen LogP contribution in [0.3, 0.4) is 0 Å². The Balaban J connectivity index is 1.99. The molecule has 21 heavy (non-hydrogen) atoms. The summed E-state index contributed by atoms with van der Waals surface area (Å²) in [5.74, 6) is 0.757. The summed E-state index contributed by atoms with van der Waals surface area (Å²) in [6, 6.07) is 7.28. The number of nitrogens with zero attached hydrogens (tertiary/aromatic N) is 2. The number of benzene rings is 1. The van der Waals surface area contributed by atoms with E-state index in [1.54, 1.807) is 18.3 Å². The Hall–Kier alpha value is -2.34. The molecule has 1 atom stereocenters. The summed E-state index contributed by atoms with van der Waals surface area (Å²) in [4.78, 5) is 16.0. The van der Waals surface area contributed by atoms with Crippen molar-refractivity contribution in [3.8, 4) is 0 Å². The Morgan fingerprint density at radius 2 is 2.10 bits per heavy atom. The summed E-state index contributed by atoms with van der Waals surface area (Å²) in [7, 11) is 1.95. The molecule has 6 heteroatoms. The van der Waals surface area contributed by atoms with Gasteiger partial charge in [0.05, 0.1) is 12.6 Å². The van der Waals surface area contributed by atoms with E-state index >= 15 is 0 Å². The standard InChI is InChI=1S/C15H20N4O2/c1-11(14-16-7-9-19(14)2)18-13-5-3-12(4-6-13)15(21)17-8-10-20/h3-7,9,11,18,20H,8,10H2,1-2H3,(H,17,21). The van der Waals surface area contributed by atoms with Gasteiger partial charge in [0.1, 0.15) is 5.82 Å². The van der Waals surface area contributed by atoms with Crippen molar-refractivity contribution in [2.75, 3.05) is 18.5 Å². The quantitative estimate of drug-likeness (QED) is 0.749. The summed E-state index contributed by atoms with van der Waals surface area (Å²) in [6.45, 7) is 2.23. The Morgan fingerprint density at radius 1 is 1.38 bits per heavy atom. The first kappa shape index (κ1) is 15.1. The first-order valence-corrected chi connectivity index (χ1v) is 6.84. The number of carbonyl (C=O) groups is 1. The number of amides is 1. The first-order chi connectivity index (χ1) is 10.1. The molecule has 0 saturated heterocycles. The molecular weight excluding hydrogens is 268 g/mol. The van der Waals surface area contributed by atoms with Crippen molar-refractivity contribution in [1.82, 2.24) is 14.9 Å². The lowest BCUT2D eigenvalue weighted by atomic mass is 10.2. The highest BCUT2D eigenvalue weighted by atomic mass is 16.3. The maximum absolute atomic E-state index is 11.7. The average Bonchev–Trinajstić information content (AvgIpc) is 2.91. The summed E-state index contributed by atoms with van der Waals surface area (Å²) in [6.07, 6.45) is 3.67. The van der Waals surface area contributed by atoms with Crippen molar-refractivity contribution in [3.63, 3.8) is 0 Å². The highest BCUT2D eigenvalue weighted by Crippen LogP contribution is 2.18. The lowest BCUT2D eigenvalue weighted by Crippen LogP contribution is -2.26. The molecule has 6 nitrogen and oxygen atoms in total. The summed E-state index contributed by atoms with van der Waals surface area (Å²) < 4.78 is 1.97. The molecule has 0 aliphatic rings. The third-order valence-electron chi connectivity index (χ3n) is 3.17. The van der Waals surface area contributed by atoms with Gasteiger partial charge in [-0.1, -0.05) is 0 Å². The number of anilines is 1. The molecule has 1 heterocycles. The number of nitrogens with one attached hydrogen (secondary N) is 2. The molecule has 0 spiro atoms. The van der Waals surface area contributed by atoms with Crippen molar-refractivity contribution in [3.05, 3.63) is 48.0 Å². The van der Waals surface area contributed by atoms with E-state index in [9.17, 15) is 4.79 Å². The van der Waals surface area contributed by atoms with Crippen LogP contribution in [-0.4, -0.2) is 33.7 Å². The predicted molar refractivity (Wildman–Crippen MR) is 81.1 cm³/mol. The van der Waals surface area contributed by atoms with Crippen molar-refractivity contribution >= 4 is 11.6 Å². The molecule has 0 bridgehead atoms. The van der Waals surface area contributed by atoms with Crippen LogP contribution in [0.5, 0.6) is 0 Å². The van der Waals surface area contributed by atoms with Gasteiger partial charge in [0.25, 0.3) is 5.91 Å². The number of aliphatic hydroxyl groups is 1. The number of imidazole rings is 1. The number of carbonyl (C=O) groups excluding carboxylic acids is 1. The molecule has 1 aromatic heterocycles. The lowest BCUT2D eigenvalue weighted by molar-refractivity contribution is 0.0945. The second-order valence-corrected chi connectivity index (χ2v) is 4.82. The van der Waals surface area contributed by atoms with E-state index in [0.29, 0.717) is 5.56 Å². The van der Waals surface area contributed by atoms with Crippen LogP contribution in [0.2, 0.25) is 0 Å². The molecule has 1 amide bonds. The Bertz CT molecular complexity index is 592. The zero-order valence-corrected chi connectivity index (χ0v) is 12.2. The second-order valence-electron chi connectivity index (χ2n) is 4.82. The minimum absolute atomic E-state index is 0.0629. The number of aliphatic hydroxyl groups excluding tert-OH is 1. The monoisotopic (exact) mass is 288 g/mol. The third-order valence-corrected chi connectivity index (χ3v) is 3.17. The fraction of sp³-hybridized carbons (Fsp3) is 0.333. The zero-order chi connectivity index (χ0) is 15.2. The number of aromatic nitrogens is 2. The van der Waals surface area contributed by atoms with Gasteiger partial charge in [-0.3, -0.25) is 4.79 Å². The van der Waals surface area contributed by atoms with Gasteiger partial charge in [0, 0.05) is 37.2 Å². The van der Waals surface area contributed by atoms with Crippen LogP contribution in [0.4, 0.5) is 5.69 Å². The smallest absolute Gasteiger partial charge is 0.251 e. The van der Waals surface area contributed by atoms with Gasteiger partial charge in [-0.2, -0.15) is 0 Å². The predicted octanol–water partition coefficient (Wildman–Crippen LogP) is 1.32. The van der Waals surface area contributed by atoms with Gasteiger partial charge in [-0.05, 0) is 31.2 Å². The van der Waals surface area contributed by atoms with Crippen LogP contribution in [0.15, 0.2) is 36.7 Å². The maximum Gasteiger partial charge on any atom is 0.251 e. The van der Waals surface area contributed by atoms with Gasteiger partial charge in [-0.25, -0.2) is 4.98 Å². The molecule has 2 rings (SSSR count). The molecule has 112 valence electrons. The lowest BCUT2D eigenvalue weighted by Gasteiger charge is -2.15. The van der Waals surface area contributed by atoms with E-state index in [2.05, 4.69) is 15.6 Å². The molecule has 0 aliphatic carbocycles. The second kappa shape index (κ2) is 6.90. The molecule has 0 radical (unpaired) electrons. The van der Waals surface area contributed by atoms with Crippen molar-refractivity contribution in [1.29, 1.82) is 0 Å². The van der Waals surface area contributed by atoms with E-state index in [0.717, 1.165) is 11.5 Å². The zero-order valence-electron chi connectivity index (χ0n) is 12.2. The van der Waals surface area contributed by atoms with E-state index in [-0.39, 0.29) is 25.1 Å². The van der Waals surface area contributed by atoms with Gasteiger partial charge in [-0.15, -0.1) is 0 Å². The van der Waals surface area contributed by atoms with Crippen LogP contribution in [-0.2, 0) is 7.05 Å². The van der Waals surface area contributed by atoms with E-state index in [4.69, 9.17) is 5.11 Å². The normalized spacial score (nSPS) is 12.0. The maximum atomic E-state index is 11.7. The number of aryl methyl sites for hydroxylation is 1. The van der Waals surface area contributed by atoms with Gasteiger partial charge < -0.3 is 20.3 Å². The van der Waals surface area contributed by atoms with Gasteiger partial charge in [0.2, 0.25) is 0 Å². The number of rotatable bonds is 6. The topological polar surface area (TPSA) is 79.2 Å². The van der Waals surface area contributed by atoms with Crippen molar-refractivity contribution in [2.45, 2.75) is 13.0 Å². The van der Waals surface area contributed by atoms with Crippen LogP contribution in [0.25, 0.3) is 0 Å². The summed E-state index contributed by atoms with van der Waals surface area (Å²) in [5, 5.41) is 14.6. The third kappa shape index (κ3) is 3.82. The molecule has 0 fully saturated rings. The molecule has 0 aliphatic heterocycles. The Kier molecular flexibility index (Phi) is 4.94. The fourth-order valence-corrected chi connectivity index (χ4v) is 2.10. The van der Waals surface area contributed by atoms with Gasteiger partial charge in [0.15, 0.2) is 0 Å².